The summed E-state index contributed by atoms with van der Waals surface area (Å²) >= 11 is 0. The Kier molecular flexibility index (Phi) is 3.55. The average molecular weight is 238 g/mol. The molecule has 1 aliphatic rings. The van der Waals surface area contributed by atoms with E-state index < -0.39 is 12.3 Å². The first-order valence-electron chi connectivity index (χ1n) is 5.98. The number of alkyl halides is 2. The van der Waals surface area contributed by atoms with Crippen LogP contribution in [0, 0.1) is 5.92 Å². The molecule has 1 nitrogen and oxygen atoms in total. The minimum Gasteiger partial charge on any atom is -0.295 e. The van der Waals surface area contributed by atoms with Crippen molar-refractivity contribution in [3.63, 3.8) is 0 Å². The van der Waals surface area contributed by atoms with Gasteiger partial charge >= 0.3 is 0 Å². The van der Waals surface area contributed by atoms with Crippen molar-refractivity contribution in [2.75, 3.05) is 0 Å². The number of carbonyl (C=O) groups excluding carboxylic acids is 1. The number of carbonyl (C=O) groups is 1. The maximum Gasteiger partial charge on any atom is 0.242 e. The maximum absolute atomic E-state index is 12.9. The Hall–Kier alpha value is -1.25. The van der Waals surface area contributed by atoms with Crippen molar-refractivity contribution in [1.29, 1.82) is 0 Å². The van der Waals surface area contributed by atoms with Crippen LogP contribution in [0.5, 0.6) is 0 Å². The molecule has 0 amide bonds. The fraction of sp³-hybridized carbons (Fsp3) is 0.500. The molecule has 0 radical (unpaired) electrons. The van der Waals surface area contributed by atoms with E-state index in [1.165, 1.54) is 6.92 Å². The molecule has 1 aromatic rings. The van der Waals surface area contributed by atoms with Crippen molar-refractivity contribution >= 4 is 5.78 Å². The summed E-state index contributed by atoms with van der Waals surface area (Å²) in [7, 11) is 0. The van der Waals surface area contributed by atoms with E-state index in [0.717, 1.165) is 18.4 Å². The molecular formula is C14H16F2O. The van der Waals surface area contributed by atoms with Gasteiger partial charge in [-0.15, -0.1) is 0 Å². The molecule has 1 fully saturated rings. The third kappa shape index (κ3) is 2.54. The zero-order valence-corrected chi connectivity index (χ0v) is 9.83. The summed E-state index contributed by atoms with van der Waals surface area (Å²) in [5.74, 6) is -0.648. The molecule has 0 spiro atoms. The Morgan fingerprint density at radius 2 is 2.12 bits per heavy atom. The van der Waals surface area contributed by atoms with Gasteiger partial charge in [0.1, 0.15) is 0 Å². The van der Waals surface area contributed by atoms with Crippen LogP contribution in [0.15, 0.2) is 24.3 Å². The third-order valence-corrected chi connectivity index (χ3v) is 3.61. The van der Waals surface area contributed by atoms with Crippen LogP contribution >= 0.6 is 0 Å². The van der Waals surface area contributed by atoms with E-state index in [9.17, 15) is 13.6 Å². The lowest BCUT2D eigenvalue weighted by atomic mass is 9.88. The first-order valence-corrected chi connectivity index (χ1v) is 5.98. The fourth-order valence-electron chi connectivity index (χ4n) is 2.69. The van der Waals surface area contributed by atoms with E-state index in [0.29, 0.717) is 12.0 Å². The van der Waals surface area contributed by atoms with Gasteiger partial charge in [0.25, 0.3) is 0 Å². The molecule has 0 N–H and O–H groups in total. The largest absolute Gasteiger partial charge is 0.295 e. The quantitative estimate of drug-likeness (QED) is 0.726. The highest BCUT2D eigenvalue weighted by Gasteiger charge is 2.35. The van der Waals surface area contributed by atoms with Crippen molar-refractivity contribution in [2.45, 2.75) is 38.5 Å². The molecule has 2 atom stereocenters. The molecule has 92 valence electrons. The molecule has 2 unspecified atom stereocenters. The highest BCUT2D eigenvalue weighted by Crippen LogP contribution is 2.42. The second-order valence-electron chi connectivity index (χ2n) is 4.72. The highest BCUT2D eigenvalue weighted by atomic mass is 19.3. The lowest BCUT2D eigenvalue weighted by Crippen LogP contribution is -2.15. The van der Waals surface area contributed by atoms with Crippen LogP contribution in [-0.4, -0.2) is 12.2 Å². The second kappa shape index (κ2) is 4.94. The highest BCUT2D eigenvalue weighted by molar-refractivity contribution is 5.94. The predicted molar refractivity (Wildman–Crippen MR) is 62.5 cm³/mol. The molecule has 1 aromatic carbocycles. The van der Waals surface area contributed by atoms with Crippen LogP contribution in [0.3, 0.4) is 0 Å². The van der Waals surface area contributed by atoms with Gasteiger partial charge in [-0.25, -0.2) is 8.78 Å². The maximum atomic E-state index is 12.9. The topological polar surface area (TPSA) is 17.1 Å². The Labute approximate surface area is 99.8 Å². The van der Waals surface area contributed by atoms with Gasteiger partial charge in [-0.05, 0) is 37.3 Å². The fourth-order valence-corrected chi connectivity index (χ4v) is 2.69. The van der Waals surface area contributed by atoms with E-state index in [-0.39, 0.29) is 11.7 Å². The lowest BCUT2D eigenvalue weighted by molar-refractivity contribution is 0.0717. The smallest absolute Gasteiger partial charge is 0.242 e. The summed E-state index contributed by atoms with van der Waals surface area (Å²) in [4.78, 5) is 11.3. The zero-order chi connectivity index (χ0) is 12.4. The van der Waals surface area contributed by atoms with Gasteiger partial charge in [-0.2, -0.15) is 0 Å². The van der Waals surface area contributed by atoms with Crippen molar-refractivity contribution in [3.05, 3.63) is 35.4 Å². The summed E-state index contributed by atoms with van der Waals surface area (Å²) in [6, 6.07) is 7.15. The molecule has 1 aliphatic carbocycles. The molecule has 0 aromatic heterocycles. The van der Waals surface area contributed by atoms with Crippen LogP contribution in [0.2, 0.25) is 0 Å². The SMILES string of the molecule is CC(=O)c1cccc(C2CCCC2C(F)F)c1. The van der Waals surface area contributed by atoms with Crippen LogP contribution in [0.1, 0.15) is 48.0 Å². The summed E-state index contributed by atoms with van der Waals surface area (Å²) in [6.07, 6.45) is -0.0176. The summed E-state index contributed by atoms with van der Waals surface area (Å²) in [6.45, 7) is 1.50. The van der Waals surface area contributed by atoms with E-state index in [1.807, 2.05) is 6.07 Å². The van der Waals surface area contributed by atoms with E-state index in [2.05, 4.69) is 0 Å². The number of rotatable bonds is 3. The summed E-state index contributed by atoms with van der Waals surface area (Å²) < 4.78 is 25.7. The molecule has 2 rings (SSSR count). The first-order chi connectivity index (χ1) is 8.09. The molecule has 0 bridgehead atoms. The van der Waals surface area contributed by atoms with Crippen LogP contribution in [0.4, 0.5) is 8.78 Å². The molecule has 3 heteroatoms. The van der Waals surface area contributed by atoms with E-state index in [1.54, 1.807) is 18.2 Å². The van der Waals surface area contributed by atoms with Crippen molar-refractivity contribution < 1.29 is 13.6 Å². The first kappa shape index (κ1) is 12.2. The monoisotopic (exact) mass is 238 g/mol. The van der Waals surface area contributed by atoms with Gasteiger partial charge in [0.15, 0.2) is 5.78 Å². The Balaban J connectivity index is 2.27. The molecule has 0 heterocycles. The van der Waals surface area contributed by atoms with Crippen LogP contribution in [-0.2, 0) is 0 Å². The van der Waals surface area contributed by atoms with Gasteiger partial charge in [0.05, 0.1) is 0 Å². The van der Waals surface area contributed by atoms with Crippen molar-refractivity contribution in [2.24, 2.45) is 5.92 Å². The third-order valence-electron chi connectivity index (χ3n) is 3.61. The predicted octanol–water partition coefficient (Wildman–Crippen LogP) is 4.04. The summed E-state index contributed by atoms with van der Waals surface area (Å²) in [5.41, 5.74) is 1.50. The average Bonchev–Trinajstić information content (AvgIpc) is 2.78. The molecule has 0 aliphatic heterocycles. The Morgan fingerprint density at radius 3 is 2.76 bits per heavy atom. The van der Waals surface area contributed by atoms with Gasteiger partial charge in [0, 0.05) is 11.5 Å². The number of hydrogen-bond acceptors (Lipinski definition) is 1. The number of hydrogen-bond donors (Lipinski definition) is 0. The van der Waals surface area contributed by atoms with Gasteiger partial charge in [-0.1, -0.05) is 24.6 Å². The summed E-state index contributed by atoms with van der Waals surface area (Å²) in [5, 5.41) is 0. The molecule has 17 heavy (non-hydrogen) atoms. The molecule has 0 saturated heterocycles. The van der Waals surface area contributed by atoms with Crippen molar-refractivity contribution in [3.8, 4) is 0 Å². The number of halogens is 2. The van der Waals surface area contributed by atoms with Gasteiger partial charge < -0.3 is 0 Å². The van der Waals surface area contributed by atoms with Crippen LogP contribution < -0.4 is 0 Å². The standard InChI is InChI=1S/C14H16F2O/c1-9(17)10-4-2-5-11(8-10)12-6-3-7-13(12)14(15)16/h2,4-5,8,12-14H,3,6-7H2,1H3. The van der Waals surface area contributed by atoms with Gasteiger partial charge in [-0.3, -0.25) is 4.79 Å². The van der Waals surface area contributed by atoms with Gasteiger partial charge in [0.2, 0.25) is 6.43 Å². The zero-order valence-electron chi connectivity index (χ0n) is 9.83. The second-order valence-corrected chi connectivity index (χ2v) is 4.72. The Bertz CT molecular complexity index is 414. The number of Topliss-reactive ketones (excluding diaryl/α,β-unsaturated/α-hetero) is 1. The van der Waals surface area contributed by atoms with E-state index >= 15 is 0 Å². The normalized spacial score (nSPS) is 24.2. The van der Waals surface area contributed by atoms with Crippen LogP contribution in [0.25, 0.3) is 0 Å². The lowest BCUT2D eigenvalue weighted by Gasteiger charge is -2.19. The number of benzene rings is 1. The number of ketones is 1. The minimum atomic E-state index is -2.26. The molecule has 1 saturated carbocycles. The van der Waals surface area contributed by atoms with E-state index in [4.69, 9.17) is 0 Å². The molecular weight excluding hydrogens is 222 g/mol. The Morgan fingerprint density at radius 1 is 1.35 bits per heavy atom. The van der Waals surface area contributed by atoms with Crippen molar-refractivity contribution in [1.82, 2.24) is 0 Å². The minimum absolute atomic E-state index is 0.0153.